The summed E-state index contributed by atoms with van der Waals surface area (Å²) in [6.45, 7) is 8.39. The molecule has 1 unspecified atom stereocenters. The minimum absolute atomic E-state index is 0.102. The Hall–Kier alpha value is -3.28. The van der Waals surface area contributed by atoms with E-state index in [1.165, 1.54) is 42.2 Å². The van der Waals surface area contributed by atoms with Crippen molar-refractivity contribution in [3.05, 3.63) is 65.1 Å². The molecule has 6 rings (SSSR count). The number of fused-ring (bicyclic) bond motifs is 2. The number of piperazine rings is 1. The molecule has 1 amide bonds. The molecule has 2 aromatic rings. The molecule has 204 valence electrons. The average Bonchev–Trinajstić information content (AvgIpc) is 3.69. The minimum atomic E-state index is -0.172. The van der Waals surface area contributed by atoms with Gasteiger partial charge in [-0.15, -0.1) is 0 Å². The van der Waals surface area contributed by atoms with Gasteiger partial charge < -0.3 is 14.7 Å². The molecule has 3 aliphatic heterocycles. The zero-order valence-corrected chi connectivity index (χ0v) is 23.1. The fraction of sp³-hybridized carbons (Fsp3) is 0.548. The summed E-state index contributed by atoms with van der Waals surface area (Å²) in [5.74, 6) is 1.84. The van der Waals surface area contributed by atoms with Crippen LogP contribution in [0.15, 0.2) is 36.9 Å². The highest BCUT2D eigenvalue weighted by Gasteiger charge is 2.37. The lowest BCUT2D eigenvalue weighted by Gasteiger charge is -2.41. The second kappa shape index (κ2) is 11.1. The third-order valence-corrected chi connectivity index (χ3v) is 9.31. The number of carbonyl (C=O) groups excluding carboxylic acids is 1. The van der Waals surface area contributed by atoms with Gasteiger partial charge in [-0.05, 0) is 62.9 Å². The van der Waals surface area contributed by atoms with E-state index in [0.717, 1.165) is 56.1 Å². The number of nitrogens with zero attached hydrogens (tertiary/aromatic N) is 7. The maximum atomic E-state index is 12.5. The monoisotopic (exact) mass is 525 g/mol. The quantitative estimate of drug-likeness (QED) is 0.511. The molecular formula is C31H39N7O. The van der Waals surface area contributed by atoms with Gasteiger partial charge in [-0.3, -0.25) is 9.69 Å². The molecule has 0 saturated carbocycles. The van der Waals surface area contributed by atoms with Crippen molar-refractivity contribution in [2.75, 3.05) is 38.1 Å². The molecule has 4 heterocycles. The molecule has 4 aliphatic rings. The van der Waals surface area contributed by atoms with E-state index in [1.807, 2.05) is 0 Å². The van der Waals surface area contributed by atoms with Crippen LogP contribution >= 0.6 is 0 Å². The normalized spacial score (nSPS) is 25.0. The smallest absolute Gasteiger partial charge is 0.246 e. The molecule has 0 N–H and O–H groups in total. The zero-order valence-electron chi connectivity index (χ0n) is 23.1. The summed E-state index contributed by atoms with van der Waals surface area (Å²) >= 11 is 0. The summed E-state index contributed by atoms with van der Waals surface area (Å²) in [4.78, 5) is 32.0. The first-order chi connectivity index (χ1) is 19.1. The van der Waals surface area contributed by atoms with Crippen molar-refractivity contribution in [1.82, 2.24) is 24.7 Å². The lowest BCUT2D eigenvalue weighted by atomic mass is 10.1. The van der Waals surface area contributed by atoms with Gasteiger partial charge in [0.15, 0.2) is 0 Å². The van der Waals surface area contributed by atoms with Gasteiger partial charge in [-0.1, -0.05) is 30.8 Å². The van der Waals surface area contributed by atoms with Crippen LogP contribution in [0.3, 0.4) is 0 Å². The third kappa shape index (κ3) is 5.06. The van der Waals surface area contributed by atoms with Crippen molar-refractivity contribution >= 4 is 11.7 Å². The van der Waals surface area contributed by atoms with E-state index in [4.69, 9.17) is 9.97 Å². The van der Waals surface area contributed by atoms with Gasteiger partial charge in [-0.25, -0.2) is 9.97 Å². The number of hydrogen-bond donors (Lipinski definition) is 0. The molecule has 0 spiro atoms. The Bertz CT molecular complexity index is 1290. The van der Waals surface area contributed by atoms with Crippen LogP contribution in [0, 0.1) is 11.3 Å². The molecule has 8 nitrogen and oxygen atoms in total. The van der Waals surface area contributed by atoms with Crippen LogP contribution in [0.5, 0.6) is 0 Å². The standard InChI is InChI=1S/C31H39N7O/c1-3-30(39)38-18-17-36(19-24(38)14-15-32)31-26-20-37(28-12-10-22-7-4-5-9-25(22)28)21-27(26)33-29(34-31)13-11-23-8-6-16-35(23)2/h3-5,7,9,23-24,28H,1,6,8,10-14,16-21H2,2H3/t23-,24-,28?/m0/s1. The van der Waals surface area contributed by atoms with Crippen LogP contribution in [-0.4, -0.2) is 75.9 Å². The summed E-state index contributed by atoms with van der Waals surface area (Å²) in [6, 6.07) is 12.0. The number of amides is 1. The zero-order chi connectivity index (χ0) is 26.9. The van der Waals surface area contributed by atoms with Gasteiger partial charge in [0.1, 0.15) is 11.6 Å². The van der Waals surface area contributed by atoms with Crippen LogP contribution in [0.2, 0.25) is 0 Å². The lowest BCUT2D eigenvalue weighted by Crippen LogP contribution is -2.55. The van der Waals surface area contributed by atoms with Crippen LogP contribution < -0.4 is 4.90 Å². The largest absolute Gasteiger partial charge is 0.352 e. The van der Waals surface area contributed by atoms with Crippen molar-refractivity contribution in [2.45, 2.75) is 76.2 Å². The topological polar surface area (TPSA) is 79.6 Å². The summed E-state index contributed by atoms with van der Waals surface area (Å²) < 4.78 is 0. The molecule has 1 aromatic heterocycles. The molecular weight excluding hydrogens is 486 g/mol. The second-order valence-electron chi connectivity index (χ2n) is 11.6. The van der Waals surface area contributed by atoms with Crippen molar-refractivity contribution in [3.63, 3.8) is 0 Å². The number of benzene rings is 1. The Kier molecular flexibility index (Phi) is 7.37. The first-order valence-electron chi connectivity index (χ1n) is 14.5. The molecule has 0 radical (unpaired) electrons. The Balaban J connectivity index is 1.29. The number of carbonyl (C=O) groups is 1. The Morgan fingerprint density at radius 2 is 2.03 bits per heavy atom. The van der Waals surface area contributed by atoms with Gasteiger partial charge in [-0.2, -0.15) is 5.26 Å². The van der Waals surface area contributed by atoms with Crippen LogP contribution in [0.1, 0.15) is 66.4 Å². The van der Waals surface area contributed by atoms with Crippen molar-refractivity contribution in [1.29, 1.82) is 5.26 Å². The number of likely N-dealkylation sites (tertiary alicyclic amines) is 1. The first kappa shape index (κ1) is 26.0. The fourth-order valence-corrected chi connectivity index (χ4v) is 7.19. The number of nitriles is 1. The highest BCUT2D eigenvalue weighted by molar-refractivity contribution is 5.87. The third-order valence-electron chi connectivity index (χ3n) is 9.31. The fourth-order valence-electron chi connectivity index (χ4n) is 7.19. The molecule has 3 atom stereocenters. The molecule has 39 heavy (non-hydrogen) atoms. The van der Waals surface area contributed by atoms with Crippen LogP contribution in [-0.2, 0) is 30.7 Å². The van der Waals surface area contributed by atoms with E-state index in [-0.39, 0.29) is 11.9 Å². The van der Waals surface area contributed by atoms with Gasteiger partial charge in [0, 0.05) is 56.8 Å². The molecule has 1 aromatic carbocycles. The summed E-state index contributed by atoms with van der Waals surface area (Å²) in [7, 11) is 2.23. The lowest BCUT2D eigenvalue weighted by molar-refractivity contribution is -0.128. The van der Waals surface area contributed by atoms with Crippen molar-refractivity contribution in [2.24, 2.45) is 0 Å². The predicted octanol–water partition coefficient (Wildman–Crippen LogP) is 3.62. The van der Waals surface area contributed by atoms with Crippen molar-refractivity contribution < 1.29 is 4.79 Å². The summed E-state index contributed by atoms with van der Waals surface area (Å²) in [5.41, 5.74) is 5.30. The number of hydrogen-bond acceptors (Lipinski definition) is 7. The van der Waals surface area contributed by atoms with E-state index >= 15 is 0 Å². The van der Waals surface area contributed by atoms with E-state index < -0.39 is 0 Å². The maximum Gasteiger partial charge on any atom is 0.246 e. The van der Waals surface area contributed by atoms with Gasteiger partial charge in [0.05, 0.1) is 24.2 Å². The van der Waals surface area contributed by atoms with Crippen molar-refractivity contribution in [3.8, 4) is 6.07 Å². The predicted molar refractivity (Wildman–Crippen MR) is 151 cm³/mol. The second-order valence-corrected chi connectivity index (χ2v) is 11.6. The first-order valence-corrected chi connectivity index (χ1v) is 14.5. The van der Waals surface area contributed by atoms with Crippen LogP contribution in [0.25, 0.3) is 0 Å². The Morgan fingerprint density at radius 3 is 2.82 bits per heavy atom. The van der Waals surface area contributed by atoms with Gasteiger partial charge in [0.2, 0.25) is 5.91 Å². The SMILES string of the molecule is C=CC(=O)N1CCN(c2nc(CC[C@@H]3CCCN3C)nc3c2CN(C2CCc4ccccc42)C3)C[C@@H]1CC#N. The highest BCUT2D eigenvalue weighted by atomic mass is 16.2. The van der Waals surface area contributed by atoms with E-state index in [2.05, 4.69) is 58.7 Å². The van der Waals surface area contributed by atoms with Crippen LogP contribution in [0.4, 0.5) is 5.82 Å². The minimum Gasteiger partial charge on any atom is -0.352 e. The average molecular weight is 526 g/mol. The van der Waals surface area contributed by atoms with Gasteiger partial charge >= 0.3 is 0 Å². The molecule has 8 heteroatoms. The molecule has 1 aliphatic carbocycles. The van der Waals surface area contributed by atoms with E-state index in [1.54, 1.807) is 4.90 Å². The number of aromatic nitrogens is 2. The Labute approximate surface area is 231 Å². The number of anilines is 1. The summed E-state index contributed by atoms with van der Waals surface area (Å²) in [5, 5.41) is 9.51. The highest BCUT2D eigenvalue weighted by Crippen LogP contribution is 2.41. The molecule has 0 bridgehead atoms. The number of rotatable bonds is 7. The van der Waals surface area contributed by atoms with Gasteiger partial charge in [0.25, 0.3) is 0 Å². The molecule has 2 saturated heterocycles. The number of aryl methyl sites for hydroxylation is 2. The molecule has 2 fully saturated rings. The van der Waals surface area contributed by atoms with E-state index in [0.29, 0.717) is 38.1 Å². The summed E-state index contributed by atoms with van der Waals surface area (Å²) in [6.07, 6.45) is 8.39. The Morgan fingerprint density at radius 1 is 1.15 bits per heavy atom. The maximum absolute atomic E-state index is 12.5. The van der Waals surface area contributed by atoms with E-state index in [9.17, 15) is 10.1 Å².